The Labute approximate surface area is 116 Å². The van der Waals surface area contributed by atoms with Crippen molar-refractivity contribution < 1.29 is 0 Å². The van der Waals surface area contributed by atoms with Gasteiger partial charge in [-0.05, 0) is 0 Å². The van der Waals surface area contributed by atoms with Gasteiger partial charge in [0.15, 0.2) is 0 Å². The molecule has 0 atom stereocenters. The van der Waals surface area contributed by atoms with E-state index in [-0.39, 0.29) is 0 Å². The van der Waals surface area contributed by atoms with Gasteiger partial charge in [-0.25, -0.2) is 0 Å². The van der Waals surface area contributed by atoms with E-state index in [0.717, 1.165) is 0 Å². The molecule has 0 radical (unpaired) electrons. The summed E-state index contributed by atoms with van der Waals surface area (Å²) in [6.07, 6.45) is 19.6. The van der Waals surface area contributed by atoms with E-state index in [1.165, 1.54) is 57.0 Å². The van der Waals surface area contributed by atoms with Crippen molar-refractivity contribution in [3.63, 3.8) is 0 Å². The van der Waals surface area contributed by atoms with E-state index >= 15 is 0 Å². The molecule has 0 aromatic heterocycles. The number of allylic oxidation sites excluding steroid dienone is 3. The van der Waals surface area contributed by atoms with Crippen LogP contribution in [0, 0.1) is 0 Å². The van der Waals surface area contributed by atoms with Crippen LogP contribution in [0.4, 0.5) is 0 Å². The molecule has 108 valence electrons. The van der Waals surface area contributed by atoms with Crippen molar-refractivity contribution in [2.24, 2.45) is 0 Å². The minimum atomic E-state index is -1.13. The van der Waals surface area contributed by atoms with Gasteiger partial charge in [0.05, 0.1) is 0 Å². The Morgan fingerprint density at radius 3 is 1.50 bits per heavy atom. The first-order valence-corrected chi connectivity index (χ1v) is 10.7. The van der Waals surface area contributed by atoms with E-state index in [2.05, 4.69) is 51.7 Å². The van der Waals surface area contributed by atoms with Crippen LogP contribution in [0.1, 0.15) is 66.2 Å². The van der Waals surface area contributed by atoms with Gasteiger partial charge in [-0.3, -0.25) is 0 Å². The van der Waals surface area contributed by atoms with E-state index in [1.54, 1.807) is 0 Å². The number of unbranched alkanes of at least 4 members (excludes halogenated alkanes) is 3. The van der Waals surface area contributed by atoms with E-state index in [1.807, 2.05) is 0 Å². The first-order valence-electron chi connectivity index (χ1n) is 8.05. The SMILES string of the molecule is CC=CC=C[PH](CCCC)(CCCC)CCCC. The first-order chi connectivity index (χ1) is 8.74. The molecular weight excluding hydrogens is 235 g/mol. The Kier molecular flexibility index (Phi) is 11.9. The van der Waals surface area contributed by atoms with Gasteiger partial charge in [0.25, 0.3) is 0 Å². The van der Waals surface area contributed by atoms with Gasteiger partial charge in [0.1, 0.15) is 0 Å². The van der Waals surface area contributed by atoms with Crippen molar-refractivity contribution in [3.05, 3.63) is 24.0 Å². The van der Waals surface area contributed by atoms with Gasteiger partial charge >= 0.3 is 116 Å². The zero-order valence-electron chi connectivity index (χ0n) is 13.2. The van der Waals surface area contributed by atoms with Gasteiger partial charge in [0.2, 0.25) is 0 Å². The second kappa shape index (κ2) is 12.0. The summed E-state index contributed by atoms with van der Waals surface area (Å²) in [5.41, 5.74) is 0. The molecule has 0 fully saturated rings. The van der Waals surface area contributed by atoms with Crippen molar-refractivity contribution in [2.45, 2.75) is 66.2 Å². The van der Waals surface area contributed by atoms with Crippen LogP contribution < -0.4 is 0 Å². The molecule has 0 aliphatic carbocycles. The van der Waals surface area contributed by atoms with E-state index in [0.29, 0.717) is 0 Å². The van der Waals surface area contributed by atoms with Gasteiger partial charge in [-0.15, -0.1) is 0 Å². The average molecular weight is 270 g/mol. The maximum atomic E-state index is 2.65. The summed E-state index contributed by atoms with van der Waals surface area (Å²) in [4.78, 5) is 0. The summed E-state index contributed by atoms with van der Waals surface area (Å²) in [5, 5.41) is 0. The van der Waals surface area contributed by atoms with Crippen LogP contribution in [0.3, 0.4) is 0 Å². The molecule has 0 aliphatic heterocycles. The zero-order valence-corrected chi connectivity index (χ0v) is 14.2. The van der Waals surface area contributed by atoms with Gasteiger partial charge < -0.3 is 0 Å². The molecule has 0 saturated heterocycles. The van der Waals surface area contributed by atoms with Crippen LogP contribution >= 0.6 is 7.26 Å². The molecule has 0 saturated carbocycles. The fourth-order valence-corrected chi connectivity index (χ4v) is 7.52. The fraction of sp³-hybridized carbons (Fsp3) is 0.765. The maximum absolute atomic E-state index is 2.65. The van der Waals surface area contributed by atoms with Crippen LogP contribution in [0.15, 0.2) is 24.0 Å². The molecule has 0 aromatic rings. The molecule has 18 heavy (non-hydrogen) atoms. The molecule has 0 spiro atoms. The Morgan fingerprint density at radius 1 is 0.722 bits per heavy atom. The molecule has 0 aromatic carbocycles. The second-order valence-electron chi connectivity index (χ2n) is 5.56. The number of hydrogen-bond donors (Lipinski definition) is 0. The standard InChI is InChI=1S/C17H35P/c1-5-9-13-17-18(14-10-6-2,15-11-7-3)16-12-8-4/h5,9,13,17-18H,6-8,10-12,14-16H2,1-4H3. The normalized spacial score (nSPS) is 13.8. The van der Waals surface area contributed by atoms with Crippen LogP contribution in [0.5, 0.6) is 0 Å². The molecule has 0 amide bonds. The third-order valence-corrected chi connectivity index (χ3v) is 8.79. The number of hydrogen-bond acceptors (Lipinski definition) is 0. The molecule has 0 rings (SSSR count). The predicted octanol–water partition coefficient (Wildman–Crippen LogP) is 6.23. The Morgan fingerprint density at radius 2 is 1.17 bits per heavy atom. The average Bonchev–Trinajstić information content (AvgIpc) is 2.40. The van der Waals surface area contributed by atoms with Gasteiger partial charge in [0, 0.05) is 0 Å². The van der Waals surface area contributed by atoms with Crippen LogP contribution in [0.25, 0.3) is 0 Å². The predicted molar refractivity (Wildman–Crippen MR) is 91.6 cm³/mol. The third kappa shape index (κ3) is 8.09. The summed E-state index contributed by atoms with van der Waals surface area (Å²) < 4.78 is 0. The monoisotopic (exact) mass is 270 g/mol. The minimum absolute atomic E-state index is 1.13. The first kappa shape index (κ1) is 17.9. The molecule has 0 N–H and O–H groups in total. The topological polar surface area (TPSA) is 0 Å². The van der Waals surface area contributed by atoms with Crippen molar-refractivity contribution in [1.29, 1.82) is 0 Å². The van der Waals surface area contributed by atoms with Crippen molar-refractivity contribution in [3.8, 4) is 0 Å². The fourth-order valence-electron chi connectivity index (χ4n) is 2.58. The number of rotatable bonds is 11. The van der Waals surface area contributed by atoms with Crippen molar-refractivity contribution in [2.75, 3.05) is 18.5 Å². The van der Waals surface area contributed by atoms with Gasteiger partial charge in [-0.1, -0.05) is 0 Å². The van der Waals surface area contributed by atoms with Gasteiger partial charge in [-0.2, -0.15) is 0 Å². The van der Waals surface area contributed by atoms with Crippen LogP contribution in [-0.4, -0.2) is 18.5 Å². The molecule has 0 unspecified atom stereocenters. The molecule has 0 nitrogen and oxygen atoms in total. The summed E-state index contributed by atoms with van der Waals surface area (Å²) in [6.45, 7) is 9.09. The van der Waals surface area contributed by atoms with E-state index in [9.17, 15) is 0 Å². The molecule has 1 heteroatoms. The summed E-state index contributed by atoms with van der Waals surface area (Å²) in [7, 11) is -1.13. The quantitative estimate of drug-likeness (QED) is 0.308. The van der Waals surface area contributed by atoms with Crippen LogP contribution in [-0.2, 0) is 0 Å². The summed E-state index contributed by atoms with van der Waals surface area (Å²) in [6, 6.07) is 0. The zero-order chi connectivity index (χ0) is 13.7. The Balaban J connectivity index is 4.72. The van der Waals surface area contributed by atoms with E-state index in [4.69, 9.17) is 0 Å². The molecule has 0 heterocycles. The second-order valence-corrected chi connectivity index (χ2v) is 10.1. The molecular formula is C17H35P. The van der Waals surface area contributed by atoms with Crippen molar-refractivity contribution in [1.82, 2.24) is 0 Å². The van der Waals surface area contributed by atoms with E-state index < -0.39 is 7.26 Å². The molecule has 0 aliphatic rings. The third-order valence-electron chi connectivity index (χ3n) is 3.84. The molecule has 0 bridgehead atoms. The van der Waals surface area contributed by atoms with Crippen LogP contribution in [0.2, 0.25) is 0 Å². The Bertz CT molecular complexity index is 206. The van der Waals surface area contributed by atoms with Crippen molar-refractivity contribution >= 4 is 7.26 Å². The summed E-state index contributed by atoms with van der Waals surface area (Å²) in [5.74, 6) is 2.65. The summed E-state index contributed by atoms with van der Waals surface area (Å²) >= 11 is 0. The Hall–Kier alpha value is -0.0900.